The molecule has 0 aliphatic carbocycles. The Morgan fingerprint density at radius 3 is 2.88 bits per heavy atom. The number of benzene rings is 1. The number of aryl methyl sites for hydroxylation is 1. The largest absolute Gasteiger partial charge is 0.361 e. The molecule has 0 unspecified atom stereocenters. The third kappa shape index (κ3) is 4.66. The van der Waals surface area contributed by atoms with Gasteiger partial charge in [-0.1, -0.05) is 23.7 Å². The second kappa shape index (κ2) is 8.25. The molecule has 1 aromatic heterocycles. The minimum atomic E-state index is -0.279. The van der Waals surface area contributed by atoms with Crippen molar-refractivity contribution in [1.82, 2.24) is 15.4 Å². The molecule has 0 bridgehead atoms. The Labute approximate surface area is 147 Å². The first-order chi connectivity index (χ1) is 12.1. The maximum Gasteiger partial charge on any atom is 0.227 e. The normalized spacial score (nSPS) is 14.3. The van der Waals surface area contributed by atoms with Crippen molar-refractivity contribution in [3.63, 3.8) is 0 Å². The van der Waals surface area contributed by atoms with Gasteiger partial charge in [-0.2, -0.15) is 0 Å². The van der Waals surface area contributed by atoms with Gasteiger partial charge in [-0.15, -0.1) is 0 Å². The van der Waals surface area contributed by atoms with Gasteiger partial charge in [0.05, 0.1) is 5.92 Å². The summed E-state index contributed by atoms with van der Waals surface area (Å²) >= 11 is 0. The van der Waals surface area contributed by atoms with E-state index in [1.807, 2.05) is 24.1 Å². The Balaban J connectivity index is 1.37. The van der Waals surface area contributed by atoms with Gasteiger partial charge < -0.3 is 14.7 Å². The van der Waals surface area contributed by atoms with Gasteiger partial charge in [-0.25, -0.2) is 4.39 Å². The van der Waals surface area contributed by atoms with Gasteiger partial charge in [0.25, 0.3) is 0 Å². The number of nitrogens with one attached hydrogen (secondary N) is 1. The molecule has 3 rings (SSSR count). The number of amides is 1. The molecule has 1 aliphatic heterocycles. The van der Waals surface area contributed by atoms with Crippen molar-refractivity contribution in [2.24, 2.45) is 5.92 Å². The standard InChI is InChI=1S/C19H24FN3O2/c1-23(19(24)15-12-21-13-15)9-4-2-3-8-17-11-18(22-25-17)14-6-5-7-16(20)10-14/h5-7,10-11,15,21H,2-4,8-9,12-13H2,1H3. The van der Waals surface area contributed by atoms with E-state index in [0.29, 0.717) is 5.69 Å². The molecule has 1 saturated heterocycles. The van der Waals surface area contributed by atoms with E-state index in [2.05, 4.69) is 10.5 Å². The summed E-state index contributed by atoms with van der Waals surface area (Å²) in [4.78, 5) is 13.8. The predicted octanol–water partition coefficient (Wildman–Crippen LogP) is 2.87. The molecule has 2 aromatic rings. The Morgan fingerprint density at radius 1 is 1.32 bits per heavy atom. The molecule has 134 valence electrons. The van der Waals surface area contributed by atoms with Crippen LogP contribution in [0, 0.1) is 11.7 Å². The highest BCUT2D eigenvalue weighted by molar-refractivity contribution is 5.79. The number of unbranched alkanes of at least 4 members (excludes halogenated alkanes) is 2. The highest BCUT2D eigenvalue weighted by atomic mass is 19.1. The molecular formula is C19H24FN3O2. The minimum Gasteiger partial charge on any atom is -0.361 e. The van der Waals surface area contributed by atoms with Crippen molar-refractivity contribution in [3.8, 4) is 11.3 Å². The minimum absolute atomic E-state index is 0.167. The number of hydrogen-bond acceptors (Lipinski definition) is 4. The maximum atomic E-state index is 13.3. The van der Waals surface area contributed by atoms with Gasteiger partial charge in [0.2, 0.25) is 5.91 Å². The Hall–Kier alpha value is -2.21. The van der Waals surface area contributed by atoms with E-state index in [-0.39, 0.29) is 17.6 Å². The highest BCUT2D eigenvalue weighted by Crippen LogP contribution is 2.21. The van der Waals surface area contributed by atoms with Crippen LogP contribution >= 0.6 is 0 Å². The molecule has 1 N–H and O–H groups in total. The van der Waals surface area contributed by atoms with Gasteiger partial charge in [0, 0.05) is 44.7 Å². The lowest BCUT2D eigenvalue weighted by Gasteiger charge is -2.30. The third-order valence-corrected chi connectivity index (χ3v) is 4.60. The monoisotopic (exact) mass is 345 g/mol. The molecule has 0 saturated carbocycles. The zero-order chi connectivity index (χ0) is 17.6. The van der Waals surface area contributed by atoms with E-state index in [1.54, 1.807) is 6.07 Å². The summed E-state index contributed by atoms with van der Waals surface area (Å²) < 4.78 is 18.6. The van der Waals surface area contributed by atoms with Crippen LogP contribution in [0.2, 0.25) is 0 Å². The molecule has 1 aliphatic rings. The van der Waals surface area contributed by atoms with E-state index >= 15 is 0 Å². The third-order valence-electron chi connectivity index (χ3n) is 4.60. The molecule has 1 amide bonds. The lowest BCUT2D eigenvalue weighted by molar-refractivity contribution is -0.135. The molecule has 1 aromatic carbocycles. The Morgan fingerprint density at radius 2 is 2.16 bits per heavy atom. The second-order valence-electron chi connectivity index (χ2n) is 6.61. The van der Waals surface area contributed by atoms with E-state index in [0.717, 1.165) is 56.6 Å². The summed E-state index contributed by atoms with van der Waals surface area (Å²) in [6.45, 7) is 2.41. The maximum absolute atomic E-state index is 13.3. The Kier molecular flexibility index (Phi) is 5.81. The van der Waals surface area contributed by atoms with Crippen molar-refractivity contribution in [2.45, 2.75) is 25.7 Å². The van der Waals surface area contributed by atoms with E-state index in [1.165, 1.54) is 12.1 Å². The summed E-state index contributed by atoms with van der Waals surface area (Å²) in [5.74, 6) is 0.941. The molecule has 0 atom stereocenters. The average Bonchev–Trinajstić information content (AvgIpc) is 3.01. The fraction of sp³-hybridized carbons (Fsp3) is 0.474. The molecule has 1 fully saturated rings. The van der Waals surface area contributed by atoms with Crippen LogP contribution in [0.15, 0.2) is 34.9 Å². The van der Waals surface area contributed by atoms with Crippen LogP contribution in [0.25, 0.3) is 11.3 Å². The summed E-state index contributed by atoms with van der Waals surface area (Å²) in [5.41, 5.74) is 1.38. The van der Waals surface area contributed by atoms with Crippen LogP contribution in [-0.4, -0.2) is 42.6 Å². The van der Waals surface area contributed by atoms with Crippen LogP contribution in [0.3, 0.4) is 0 Å². The van der Waals surface area contributed by atoms with Crippen molar-refractivity contribution >= 4 is 5.91 Å². The summed E-state index contributed by atoms with van der Waals surface area (Å²) in [5, 5.41) is 7.14. The average molecular weight is 345 g/mol. The Bertz CT molecular complexity index is 712. The smallest absolute Gasteiger partial charge is 0.227 e. The van der Waals surface area contributed by atoms with Crippen LogP contribution in [0.5, 0.6) is 0 Å². The zero-order valence-electron chi connectivity index (χ0n) is 14.5. The van der Waals surface area contributed by atoms with E-state index in [9.17, 15) is 9.18 Å². The molecule has 25 heavy (non-hydrogen) atoms. The fourth-order valence-corrected chi connectivity index (χ4v) is 2.92. The molecule has 2 heterocycles. The number of rotatable bonds is 8. The van der Waals surface area contributed by atoms with Crippen molar-refractivity contribution in [3.05, 3.63) is 41.9 Å². The first-order valence-corrected chi connectivity index (χ1v) is 8.81. The number of nitrogens with zero attached hydrogens (tertiary/aromatic N) is 2. The number of carbonyl (C=O) groups excluding carboxylic acids is 1. The molecule has 6 heteroatoms. The zero-order valence-corrected chi connectivity index (χ0v) is 14.5. The lowest BCUT2D eigenvalue weighted by Crippen LogP contribution is -2.51. The van der Waals surface area contributed by atoms with Gasteiger partial charge in [0.1, 0.15) is 17.3 Å². The fourth-order valence-electron chi connectivity index (χ4n) is 2.92. The van der Waals surface area contributed by atoms with Gasteiger partial charge in [-0.3, -0.25) is 4.79 Å². The van der Waals surface area contributed by atoms with Crippen LogP contribution in [-0.2, 0) is 11.2 Å². The summed E-state index contributed by atoms with van der Waals surface area (Å²) in [6.07, 6.45) is 3.78. The number of carbonyl (C=O) groups is 1. The lowest BCUT2D eigenvalue weighted by atomic mass is 10.0. The molecule has 0 spiro atoms. The molecule has 5 nitrogen and oxygen atoms in total. The second-order valence-corrected chi connectivity index (χ2v) is 6.61. The van der Waals surface area contributed by atoms with Gasteiger partial charge in [0.15, 0.2) is 0 Å². The summed E-state index contributed by atoms with van der Waals surface area (Å²) in [7, 11) is 1.88. The first kappa shape index (κ1) is 17.6. The van der Waals surface area contributed by atoms with Crippen molar-refractivity contribution in [2.75, 3.05) is 26.7 Å². The highest BCUT2D eigenvalue weighted by Gasteiger charge is 2.27. The van der Waals surface area contributed by atoms with Crippen molar-refractivity contribution < 1.29 is 13.7 Å². The molecular weight excluding hydrogens is 321 g/mol. The quantitative estimate of drug-likeness (QED) is 0.748. The SMILES string of the molecule is CN(CCCCCc1cc(-c2cccc(F)c2)no1)C(=O)C1CNC1. The van der Waals surface area contributed by atoms with Gasteiger partial charge >= 0.3 is 0 Å². The van der Waals surface area contributed by atoms with E-state index in [4.69, 9.17) is 4.52 Å². The van der Waals surface area contributed by atoms with Crippen LogP contribution in [0.4, 0.5) is 4.39 Å². The molecule has 0 radical (unpaired) electrons. The van der Waals surface area contributed by atoms with E-state index < -0.39 is 0 Å². The topological polar surface area (TPSA) is 58.4 Å². The number of halogens is 1. The van der Waals surface area contributed by atoms with Crippen LogP contribution < -0.4 is 5.32 Å². The first-order valence-electron chi connectivity index (χ1n) is 8.81. The van der Waals surface area contributed by atoms with Crippen LogP contribution in [0.1, 0.15) is 25.0 Å². The number of aromatic nitrogens is 1. The predicted molar refractivity (Wildman–Crippen MR) is 93.4 cm³/mol. The van der Waals surface area contributed by atoms with Gasteiger partial charge in [-0.05, 0) is 25.0 Å². The van der Waals surface area contributed by atoms with Crippen molar-refractivity contribution in [1.29, 1.82) is 0 Å². The summed E-state index contributed by atoms with van der Waals surface area (Å²) in [6, 6.07) is 8.21. The number of hydrogen-bond donors (Lipinski definition) is 1.